The summed E-state index contributed by atoms with van der Waals surface area (Å²) < 4.78 is 12.2. The summed E-state index contributed by atoms with van der Waals surface area (Å²) >= 11 is 0. The van der Waals surface area contributed by atoms with E-state index in [1.165, 1.54) is 12.3 Å². The summed E-state index contributed by atoms with van der Waals surface area (Å²) in [6.45, 7) is 0. The number of rotatable bonds is 4. The van der Waals surface area contributed by atoms with E-state index in [1.807, 2.05) is 4.68 Å². The van der Waals surface area contributed by atoms with Crippen molar-refractivity contribution in [3.63, 3.8) is 0 Å². The Balaban J connectivity index is 1.41. The Morgan fingerprint density at radius 1 is 1.28 bits per heavy atom. The summed E-state index contributed by atoms with van der Waals surface area (Å²) in [7, 11) is 0. The number of aliphatic hydroxyl groups excluding tert-OH is 1. The molecule has 4 rings (SSSR count). The number of carbonyl (C=O) groups excluding carboxylic acids is 1. The fourth-order valence-corrected chi connectivity index (χ4v) is 3.04. The number of anilines is 1. The first-order valence-electron chi connectivity index (χ1n) is 8.23. The van der Waals surface area contributed by atoms with E-state index in [4.69, 9.17) is 8.94 Å². The second-order valence-electron chi connectivity index (χ2n) is 6.18. The van der Waals surface area contributed by atoms with Gasteiger partial charge in [0.1, 0.15) is 0 Å². The van der Waals surface area contributed by atoms with Crippen molar-refractivity contribution in [2.75, 3.05) is 5.32 Å². The maximum absolute atomic E-state index is 12.3. The van der Waals surface area contributed by atoms with Gasteiger partial charge in [0, 0.05) is 12.3 Å². The molecule has 3 aromatic rings. The summed E-state index contributed by atoms with van der Waals surface area (Å²) in [5.41, 5.74) is 0.763. The van der Waals surface area contributed by atoms with Crippen LogP contribution in [-0.2, 0) is 0 Å². The highest BCUT2D eigenvalue weighted by Gasteiger charge is 2.22. The maximum atomic E-state index is 12.3. The summed E-state index contributed by atoms with van der Waals surface area (Å²) in [5.74, 6) is 0.533. The van der Waals surface area contributed by atoms with Crippen molar-refractivity contribution in [3.8, 4) is 11.5 Å². The molecule has 3 heterocycles. The molecule has 0 aliphatic heterocycles. The van der Waals surface area contributed by atoms with E-state index in [0.717, 1.165) is 25.7 Å². The average Bonchev–Trinajstić information content (AvgIpc) is 3.36. The lowest BCUT2D eigenvalue weighted by Crippen LogP contribution is -2.21. The molecule has 130 valence electrons. The zero-order valence-electron chi connectivity index (χ0n) is 13.5. The lowest BCUT2D eigenvalue weighted by Gasteiger charge is -2.25. The second kappa shape index (κ2) is 6.56. The molecular weight excluding hydrogens is 324 g/mol. The van der Waals surface area contributed by atoms with Crippen molar-refractivity contribution in [1.82, 2.24) is 14.9 Å². The van der Waals surface area contributed by atoms with E-state index in [9.17, 15) is 9.90 Å². The first-order chi connectivity index (χ1) is 12.2. The Kier molecular flexibility index (Phi) is 4.10. The number of carbonyl (C=O) groups is 1. The molecule has 8 nitrogen and oxygen atoms in total. The van der Waals surface area contributed by atoms with Crippen molar-refractivity contribution in [2.24, 2.45) is 0 Å². The maximum Gasteiger partial charge on any atom is 0.277 e. The molecule has 25 heavy (non-hydrogen) atoms. The normalized spacial score (nSPS) is 20.5. The van der Waals surface area contributed by atoms with E-state index < -0.39 is 0 Å². The smallest absolute Gasteiger partial charge is 0.277 e. The van der Waals surface area contributed by atoms with Crippen molar-refractivity contribution in [1.29, 1.82) is 0 Å². The molecule has 1 aliphatic carbocycles. The largest absolute Gasteiger partial charge is 0.461 e. The molecule has 1 fully saturated rings. The van der Waals surface area contributed by atoms with Gasteiger partial charge in [-0.25, -0.2) is 0 Å². The first-order valence-corrected chi connectivity index (χ1v) is 8.23. The van der Waals surface area contributed by atoms with Crippen LogP contribution < -0.4 is 5.32 Å². The van der Waals surface area contributed by atoms with Crippen LogP contribution in [0.25, 0.3) is 11.5 Å². The summed E-state index contributed by atoms with van der Waals surface area (Å²) in [4.78, 5) is 12.3. The van der Waals surface area contributed by atoms with E-state index in [1.54, 1.807) is 24.5 Å². The van der Waals surface area contributed by atoms with Gasteiger partial charge in [-0.1, -0.05) is 5.16 Å². The second-order valence-corrected chi connectivity index (χ2v) is 6.18. The molecule has 1 amide bonds. The van der Waals surface area contributed by atoms with Crippen LogP contribution in [0.3, 0.4) is 0 Å². The Labute approximate surface area is 143 Å². The van der Waals surface area contributed by atoms with Gasteiger partial charge in [0.2, 0.25) is 5.76 Å². The van der Waals surface area contributed by atoms with E-state index in [2.05, 4.69) is 15.6 Å². The molecular formula is C17H18N4O4. The number of nitrogens with zero attached hydrogens (tertiary/aromatic N) is 3. The zero-order chi connectivity index (χ0) is 17.2. The third-order valence-corrected chi connectivity index (χ3v) is 4.41. The van der Waals surface area contributed by atoms with E-state index in [-0.39, 0.29) is 23.7 Å². The Morgan fingerprint density at radius 3 is 2.88 bits per heavy atom. The van der Waals surface area contributed by atoms with Crippen LogP contribution in [0.2, 0.25) is 0 Å². The lowest BCUT2D eigenvalue weighted by molar-refractivity contribution is 0.101. The number of hydrogen-bond donors (Lipinski definition) is 2. The molecule has 0 saturated heterocycles. The van der Waals surface area contributed by atoms with Crippen LogP contribution in [0.4, 0.5) is 5.69 Å². The molecule has 2 N–H and O–H groups in total. The van der Waals surface area contributed by atoms with Gasteiger partial charge in [0.15, 0.2) is 11.5 Å². The third-order valence-electron chi connectivity index (χ3n) is 4.41. The molecule has 0 radical (unpaired) electrons. The minimum absolute atomic E-state index is 0.167. The van der Waals surface area contributed by atoms with Crippen molar-refractivity contribution < 1.29 is 18.8 Å². The number of nitrogens with one attached hydrogen (secondary N) is 1. The Bertz CT molecular complexity index is 844. The van der Waals surface area contributed by atoms with Crippen LogP contribution in [0.5, 0.6) is 0 Å². The van der Waals surface area contributed by atoms with Gasteiger partial charge >= 0.3 is 0 Å². The molecule has 1 saturated carbocycles. The molecule has 0 atom stereocenters. The molecule has 0 unspecified atom stereocenters. The SMILES string of the molecule is O=C(Nc1cnn([C@H]2CC[C@H](O)CC2)c1)c1cc(-c2ccco2)on1. The van der Waals surface area contributed by atoms with Gasteiger partial charge < -0.3 is 19.4 Å². The zero-order valence-corrected chi connectivity index (χ0v) is 13.5. The number of aromatic nitrogens is 3. The minimum atomic E-state index is -0.375. The number of furan rings is 1. The molecule has 0 bridgehead atoms. The number of amides is 1. The Hall–Kier alpha value is -2.87. The highest BCUT2D eigenvalue weighted by Crippen LogP contribution is 2.28. The number of aliphatic hydroxyl groups is 1. The van der Waals surface area contributed by atoms with Crippen molar-refractivity contribution in [3.05, 3.63) is 42.5 Å². The molecule has 3 aromatic heterocycles. The molecule has 1 aliphatic rings. The van der Waals surface area contributed by atoms with Gasteiger partial charge in [-0.15, -0.1) is 0 Å². The van der Waals surface area contributed by atoms with Gasteiger partial charge in [0.25, 0.3) is 5.91 Å². The van der Waals surface area contributed by atoms with Crippen LogP contribution in [0.1, 0.15) is 42.2 Å². The van der Waals surface area contributed by atoms with Crippen LogP contribution in [0.15, 0.2) is 45.8 Å². The summed E-state index contributed by atoms with van der Waals surface area (Å²) in [6, 6.07) is 5.25. The Morgan fingerprint density at radius 2 is 2.12 bits per heavy atom. The standard InChI is InChI=1S/C17H18N4O4/c22-13-5-3-12(4-6-13)21-10-11(9-18-21)19-17(23)14-8-16(25-20-14)15-2-1-7-24-15/h1-2,7-10,12-13,22H,3-6H2,(H,19,23)/t12-,13-. The highest BCUT2D eigenvalue weighted by atomic mass is 16.5. The van der Waals surface area contributed by atoms with Crippen molar-refractivity contribution in [2.45, 2.75) is 37.8 Å². The van der Waals surface area contributed by atoms with Gasteiger partial charge in [0.05, 0.1) is 30.3 Å². The van der Waals surface area contributed by atoms with Crippen LogP contribution in [-0.4, -0.2) is 32.1 Å². The fourth-order valence-electron chi connectivity index (χ4n) is 3.04. The van der Waals surface area contributed by atoms with Crippen LogP contribution >= 0.6 is 0 Å². The molecule has 8 heteroatoms. The van der Waals surface area contributed by atoms with Gasteiger partial charge in [-0.3, -0.25) is 9.48 Å². The topological polar surface area (TPSA) is 106 Å². The lowest BCUT2D eigenvalue weighted by atomic mass is 9.93. The fraction of sp³-hybridized carbons (Fsp3) is 0.353. The monoisotopic (exact) mass is 342 g/mol. The van der Waals surface area contributed by atoms with E-state index >= 15 is 0 Å². The summed E-state index contributed by atoms with van der Waals surface area (Å²) in [5, 5.41) is 20.4. The first kappa shape index (κ1) is 15.6. The predicted octanol–water partition coefficient (Wildman–Crippen LogP) is 2.86. The van der Waals surface area contributed by atoms with E-state index in [0.29, 0.717) is 17.2 Å². The summed E-state index contributed by atoms with van der Waals surface area (Å²) in [6.07, 6.45) is 8.04. The van der Waals surface area contributed by atoms with Crippen LogP contribution in [0, 0.1) is 0 Å². The predicted molar refractivity (Wildman–Crippen MR) is 87.9 cm³/mol. The van der Waals surface area contributed by atoms with Gasteiger partial charge in [-0.2, -0.15) is 5.10 Å². The number of hydrogen-bond acceptors (Lipinski definition) is 6. The highest BCUT2D eigenvalue weighted by molar-refractivity contribution is 6.03. The third kappa shape index (κ3) is 3.34. The quantitative estimate of drug-likeness (QED) is 0.755. The molecule has 0 aromatic carbocycles. The minimum Gasteiger partial charge on any atom is -0.461 e. The average molecular weight is 342 g/mol. The molecule has 0 spiro atoms. The van der Waals surface area contributed by atoms with Crippen molar-refractivity contribution >= 4 is 11.6 Å². The van der Waals surface area contributed by atoms with Gasteiger partial charge in [-0.05, 0) is 37.8 Å².